The zero-order chi connectivity index (χ0) is 7.61. The van der Waals surface area contributed by atoms with Crippen LogP contribution in [0.4, 0.5) is 0 Å². The molecule has 1 rings (SSSR count). The Morgan fingerprint density at radius 3 is 2.60 bits per heavy atom. The van der Waals surface area contributed by atoms with E-state index in [1.807, 2.05) is 12.1 Å². The van der Waals surface area contributed by atoms with Crippen LogP contribution in [0.15, 0.2) is 0 Å². The van der Waals surface area contributed by atoms with Crippen LogP contribution >= 0.6 is 0 Å². The summed E-state index contributed by atoms with van der Waals surface area (Å²) < 4.78 is 0. The van der Waals surface area contributed by atoms with Gasteiger partial charge in [0.05, 0.1) is 0 Å². The molecule has 3 heteroatoms. The second kappa shape index (κ2) is 2.86. The minimum absolute atomic E-state index is 0.300. The molecule has 0 aromatic carbocycles. The van der Waals surface area contributed by atoms with E-state index in [1.54, 1.807) is 0 Å². The molecule has 1 saturated heterocycles. The van der Waals surface area contributed by atoms with Crippen molar-refractivity contribution in [3.8, 4) is 0 Å². The van der Waals surface area contributed by atoms with E-state index in [-0.39, 0.29) is 0 Å². The fourth-order valence-electron chi connectivity index (χ4n) is 1.57. The molecule has 60 valence electrons. The standard InChI is InChI=1S/C7H17N3/c1-3-7(9-2)4-5-10(8)6-7/h9H,3-6,8H2,1-2H3. The normalized spacial score (nSPS) is 35.1. The SMILES string of the molecule is CCC1(NC)CCN(N)C1. The first kappa shape index (κ1) is 7.98. The lowest BCUT2D eigenvalue weighted by Crippen LogP contribution is -2.45. The van der Waals surface area contributed by atoms with Crippen LogP contribution in [-0.4, -0.2) is 30.7 Å². The Morgan fingerprint density at radius 1 is 1.70 bits per heavy atom. The summed E-state index contributed by atoms with van der Waals surface area (Å²) in [7, 11) is 2.02. The molecule has 1 heterocycles. The number of nitrogens with one attached hydrogen (secondary N) is 1. The number of hydrazine groups is 1. The number of nitrogens with zero attached hydrogens (tertiary/aromatic N) is 1. The maximum absolute atomic E-state index is 5.65. The Balaban J connectivity index is 2.51. The van der Waals surface area contributed by atoms with Crippen molar-refractivity contribution in [3.05, 3.63) is 0 Å². The largest absolute Gasteiger partial charge is 0.313 e. The number of likely N-dealkylation sites (N-methyl/N-ethyl adjacent to an activating group) is 1. The van der Waals surface area contributed by atoms with Gasteiger partial charge in [0.25, 0.3) is 0 Å². The van der Waals surface area contributed by atoms with Crippen LogP contribution in [0.5, 0.6) is 0 Å². The van der Waals surface area contributed by atoms with E-state index in [0.29, 0.717) is 5.54 Å². The van der Waals surface area contributed by atoms with Gasteiger partial charge in [0.15, 0.2) is 0 Å². The number of rotatable bonds is 2. The predicted molar refractivity (Wildman–Crippen MR) is 42.5 cm³/mol. The van der Waals surface area contributed by atoms with E-state index in [9.17, 15) is 0 Å². The number of hydrogen-bond acceptors (Lipinski definition) is 3. The summed E-state index contributed by atoms with van der Waals surface area (Å²) in [5.74, 6) is 5.65. The van der Waals surface area contributed by atoms with Crippen LogP contribution in [0, 0.1) is 0 Å². The minimum atomic E-state index is 0.300. The number of nitrogens with two attached hydrogens (primary N) is 1. The van der Waals surface area contributed by atoms with Crippen molar-refractivity contribution in [2.45, 2.75) is 25.3 Å². The highest BCUT2D eigenvalue weighted by Crippen LogP contribution is 2.21. The lowest BCUT2D eigenvalue weighted by molar-refractivity contribution is 0.291. The van der Waals surface area contributed by atoms with Crippen LogP contribution in [-0.2, 0) is 0 Å². The predicted octanol–water partition coefficient (Wildman–Crippen LogP) is -0.0660. The molecule has 0 bridgehead atoms. The van der Waals surface area contributed by atoms with Crippen LogP contribution in [0.25, 0.3) is 0 Å². The van der Waals surface area contributed by atoms with Gasteiger partial charge in [-0.1, -0.05) is 6.92 Å². The van der Waals surface area contributed by atoms with Crippen molar-refractivity contribution in [3.63, 3.8) is 0 Å². The van der Waals surface area contributed by atoms with E-state index in [0.717, 1.165) is 19.5 Å². The highest BCUT2D eigenvalue weighted by atomic mass is 15.4. The molecule has 1 unspecified atom stereocenters. The van der Waals surface area contributed by atoms with Gasteiger partial charge in [-0.05, 0) is 19.9 Å². The van der Waals surface area contributed by atoms with Crippen LogP contribution < -0.4 is 11.2 Å². The van der Waals surface area contributed by atoms with Crippen molar-refractivity contribution in [1.29, 1.82) is 0 Å². The van der Waals surface area contributed by atoms with E-state index >= 15 is 0 Å². The van der Waals surface area contributed by atoms with Gasteiger partial charge in [0.2, 0.25) is 0 Å². The Hall–Kier alpha value is -0.120. The van der Waals surface area contributed by atoms with Gasteiger partial charge in [0.1, 0.15) is 0 Å². The van der Waals surface area contributed by atoms with E-state index < -0.39 is 0 Å². The maximum atomic E-state index is 5.65. The molecule has 0 aliphatic carbocycles. The highest BCUT2D eigenvalue weighted by molar-refractivity contribution is 4.93. The molecule has 0 radical (unpaired) electrons. The minimum Gasteiger partial charge on any atom is -0.313 e. The first-order chi connectivity index (χ1) is 4.72. The van der Waals surface area contributed by atoms with Gasteiger partial charge in [-0.2, -0.15) is 0 Å². The summed E-state index contributed by atoms with van der Waals surface area (Å²) in [5.41, 5.74) is 0.300. The summed E-state index contributed by atoms with van der Waals surface area (Å²) >= 11 is 0. The first-order valence-corrected chi connectivity index (χ1v) is 3.91. The maximum Gasteiger partial charge on any atom is 0.0330 e. The average molecular weight is 143 g/mol. The highest BCUT2D eigenvalue weighted by Gasteiger charge is 2.33. The Labute approximate surface area is 62.5 Å². The molecule has 1 aliphatic heterocycles. The molecule has 0 spiro atoms. The zero-order valence-corrected chi connectivity index (χ0v) is 6.85. The third-order valence-corrected chi connectivity index (χ3v) is 2.59. The fraction of sp³-hybridized carbons (Fsp3) is 1.00. The third kappa shape index (κ3) is 1.31. The summed E-state index contributed by atoms with van der Waals surface area (Å²) in [6, 6.07) is 0. The molecule has 10 heavy (non-hydrogen) atoms. The van der Waals surface area contributed by atoms with Gasteiger partial charge >= 0.3 is 0 Å². The van der Waals surface area contributed by atoms with Gasteiger partial charge in [0, 0.05) is 18.6 Å². The summed E-state index contributed by atoms with van der Waals surface area (Å²) in [6.45, 7) is 4.21. The Bertz CT molecular complexity index is 109. The summed E-state index contributed by atoms with van der Waals surface area (Å²) in [5, 5.41) is 5.22. The second-order valence-corrected chi connectivity index (χ2v) is 3.10. The molecular formula is C7H17N3. The molecule has 3 nitrogen and oxygen atoms in total. The topological polar surface area (TPSA) is 41.3 Å². The van der Waals surface area contributed by atoms with Crippen LogP contribution in [0.3, 0.4) is 0 Å². The van der Waals surface area contributed by atoms with Gasteiger partial charge in [-0.25, -0.2) is 5.01 Å². The van der Waals surface area contributed by atoms with Crippen LogP contribution in [0.2, 0.25) is 0 Å². The molecule has 1 fully saturated rings. The zero-order valence-electron chi connectivity index (χ0n) is 6.85. The van der Waals surface area contributed by atoms with Crippen molar-refractivity contribution >= 4 is 0 Å². The molecule has 1 atom stereocenters. The molecule has 0 aromatic rings. The van der Waals surface area contributed by atoms with Crippen LogP contribution in [0.1, 0.15) is 19.8 Å². The van der Waals surface area contributed by atoms with Crippen molar-refractivity contribution in [2.24, 2.45) is 5.84 Å². The average Bonchev–Trinajstić information content (AvgIpc) is 2.33. The molecule has 0 saturated carbocycles. The Kier molecular flexibility index (Phi) is 2.28. The first-order valence-electron chi connectivity index (χ1n) is 3.91. The molecule has 0 aromatic heterocycles. The summed E-state index contributed by atoms with van der Waals surface area (Å²) in [6.07, 6.45) is 2.34. The van der Waals surface area contributed by atoms with Gasteiger partial charge in [-0.3, -0.25) is 5.84 Å². The van der Waals surface area contributed by atoms with Crippen molar-refractivity contribution in [2.75, 3.05) is 20.1 Å². The van der Waals surface area contributed by atoms with E-state index in [1.165, 1.54) is 6.42 Å². The van der Waals surface area contributed by atoms with E-state index in [2.05, 4.69) is 12.2 Å². The molecular weight excluding hydrogens is 126 g/mol. The molecule has 1 aliphatic rings. The Morgan fingerprint density at radius 2 is 2.40 bits per heavy atom. The van der Waals surface area contributed by atoms with Gasteiger partial charge in [-0.15, -0.1) is 0 Å². The lowest BCUT2D eigenvalue weighted by Gasteiger charge is -2.26. The summed E-state index contributed by atoms with van der Waals surface area (Å²) in [4.78, 5) is 0. The fourth-order valence-corrected chi connectivity index (χ4v) is 1.57. The lowest BCUT2D eigenvalue weighted by atomic mass is 9.96. The van der Waals surface area contributed by atoms with E-state index in [4.69, 9.17) is 5.84 Å². The molecule has 0 amide bonds. The smallest absolute Gasteiger partial charge is 0.0330 e. The number of hydrogen-bond donors (Lipinski definition) is 2. The monoisotopic (exact) mass is 143 g/mol. The van der Waals surface area contributed by atoms with Gasteiger partial charge < -0.3 is 5.32 Å². The second-order valence-electron chi connectivity index (χ2n) is 3.10. The quantitative estimate of drug-likeness (QED) is 0.532. The van der Waals surface area contributed by atoms with Crippen molar-refractivity contribution < 1.29 is 0 Å². The molecule has 3 N–H and O–H groups in total. The third-order valence-electron chi connectivity index (χ3n) is 2.59. The van der Waals surface area contributed by atoms with Crippen molar-refractivity contribution in [1.82, 2.24) is 10.3 Å².